The van der Waals surface area contributed by atoms with Gasteiger partial charge in [0, 0.05) is 16.9 Å². The van der Waals surface area contributed by atoms with Crippen molar-refractivity contribution in [3.05, 3.63) is 35.4 Å². The molecule has 0 fully saturated rings. The summed E-state index contributed by atoms with van der Waals surface area (Å²) in [5, 5.41) is 0.324. The van der Waals surface area contributed by atoms with Gasteiger partial charge in [0.1, 0.15) is 0 Å². The van der Waals surface area contributed by atoms with E-state index in [1.165, 1.54) is 6.07 Å². The van der Waals surface area contributed by atoms with E-state index in [0.29, 0.717) is 16.9 Å². The summed E-state index contributed by atoms with van der Waals surface area (Å²) < 4.78 is 25.3. The summed E-state index contributed by atoms with van der Waals surface area (Å²) in [5.74, 6) is -0.370. The number of benzene rings is 1. The molecule has 0 amide bonds. The van der Waals surface area contributed by atoms with Gasteiger partial charge in [0.05, 0.1) is 0 Å². The standard InChI is InChI=1S/C10H11ClF2S/c1-7(5-11)14-6-8-2-3-9(12)10(13)4-8/h2-4,7H,5-6H2,1H3. The molecule has 0 aromatic heterocycles. The van der Waals surface area contributed by atoms with Crippen LogP contribution in [0, 0.1) is 11.6 Å². The Bertz CT molecular complexity index is 304. The summed E-state index contributed by atoms with van der Waals surface area (Å²) >= 11 is 7.24. The molecule has 0 bridgehead atoms. The summed E-state index contributed by atoms with van der Waals surface area (Å²) in [4.78, 5) is 0. The minimum atomic E-state index is -0.802. The van der Waals surface area contributed by atoms with E-state index in [4.69, 9.17) is 11.6 Å². The van der Waals surface area contributed by atoms with Crippen molar-refractivity contribution in [3.63, 3.8) is 0 Å². The Morgan fingerprint density at radius 3 is 2.64 bits per heavy atom. The van der Waals surface area contributed by atoms with Crippen molar-refractivity contribution < 1.29 is 8.78 Å². The second kappa shape index (κ2) is 5.56. The molecule has 0 nitrogen and oxygen atoms in total. The Labute approximate surface area is 91.6 Å². The highest BCUT2D eigenvalue weighted by molar-refractivity contribution is 7.99. The average Bonchev–Trinajstić information content (AvgIpc) is 2.19. The topological polar surface area (TPSA) is 0 Å². The lowest BCUT2D eigenvalue weighted by atomic mass is 10.2. The van der Waals surface area contributed by atoms with Crippen molar-refractivity contribution in [2.75, 3.05) is 5.88 Å². The molecule has 0 saturated carbocycles. The molecule has 0 radical (unpaired) electrons. The smallest absolute Gasteiger partial charge is 0.159 e. The Kier molecular flexibility index (Phi) is 4.69. The van der Waals surface area contributed by atoms with Gasteiger partial charge in [-0.3, -0.25) is 0 Å². The molecule has 0 N–H and O–H groups in total. The first kappa shape index (κ1) is 11.8. The summed E-state index contributed by atoms with van der Waals surface area (Å²) in [5.41, 5.74) is 0.783. The van der Waals surface area contributed by atoms with E-state index in [2.05, 4.69) is 0 Å². The van der Waals surface area contributed by atoms with Gasteiger partial charge in [-0.1, -0.05) is 13.0 Å². The predicted octanol–water partition coefficient (Wildman–Crippen LogP) is 3.83. The number of hydrogen-bond acceptors (Lipinski definition) is 1. The van der Waals surface area contributed by atoms with Crippen LogP contribution < -0.4 is 0 Å². The first-order valence-corrected chi connectivity index (χ1v) is 5.83. The molecule has 0 spiro atoms. The maximum atomic E-state index is 12.8. The fraction of sp³-hybridized carbons (Fsp3) is 0.400. The molecule has 78 valence electrons. The van der Waals surface area contributed by atoms with Gasteiger partial charge in [0.25, 0.3) is 0 Å². The quantitative estimate of drug-likeness (QED) is 0.716. The second-order valence-electron chi connectivity index (χ2n) is 3.02. The summed E-state index contributed by atoms with van der Waals surface area (Å²) in [7, 11) is 0. The molecule has 1 aromatic carbocycles. The maximum Gasteiger partial charge on any atom is 0.159 e. The van der Waals surface area contributed by atoms with E-state index in [9.17, 15) is 8.78 Å². The Morgan fingerprint density at radius 1 is 1.36 bits per heavy atom. The van der Waals surface area contributed by atoms with E-state index in [-0.39, 0.29) is 0 Å². The molecular formula is C10H11ClF2S. The van der Waals surface area contributed by atoms with Crippen LogP contribution in [0.3, 0.4) is 0 Å². The molecule has 1 rings (SSSR count). The minimum Gasteiger partial charge on any atom is -0.204 e. The van der Waals surface area contributed by atoms with Crippen LogP contribution in [0.15, 0.2) is 18.2 Å². The van der Waals surface area contributed by atoms with Crippen molar-refractivity contribution in [1.82, 2.24) is 0 Å². The van der Waals surface area contributed by atoms with Gasteiger partial charge in [-0.2, -0.15) is 11.8 Å². The predicted molar refractivity (Wildman–Crippen MR) is 57.8 cm³/mol. The highest BCUT2D eigenvalue weighted by atomic mass is 35.5. The van der Waals surface area contributed by atoms with Crippen molar-refractivity contribution in [1.29, 1.82) is 0 Å². The van der Waals surface area contributed by atoms with Gasteiger partial charge in [-0.05, 0) is 17.7 Å². The molecule has 0 aliphatic heterocycles. The zero-order chi connectivity index (χ0) is 10.6. The zero-order valence-corrected chi connectivity index (χ0v) is 9.34. The second-order valence-corrected chi connectivity index (χ2v) is 4.76. The molecule has 1 unspecified atom stereocenters. The van der Waals surface area contributed by atoms with Gasteiger partial charge in [-0.25, -0.2) is 8.78 Å². The zero-order valence-electron chi connectivity index (χ0n) is 7.77. The summed E-state index contributed by atoms with van der Waals surface area (Å²) in [6.07, 6.45) is 0. The molecule has 14 heavy (non-hydrogen) atoms. The monoisotopic (exact) mass is 236 g/mol. The van der Waals surface area contributed by atoms with Crippen LogP contribution in [0.5, 0.6) is 0 Å². The largest absolute Gasteiger partial charge is 0.204 e. The molecule has 4 heteroatoms. The van der Waals surface area contributed by atoms with Crippen LogP contribution in [-0.2, 0) is 5.75 Å². The fourth-order valence-corrected chi connectivity index (χ4v) is 1.93. The van der Waals surface area contributed by atoms with Crippen LogP contribution in [0.1, 0.15) is 12.5 Å². The van der Waals surface area contributed by atoms with Gasteiger partial charge in [0.2, 0.25) is 0 Å². The Hall–Kier alpha value is -0.280. The molecule has 0 saturated heterocycles. The van der Waals surface area contributed by atoms with E-state index >= 15 is 0 Å². The number of rotatable bonds is 4. The van der Waals surface area contributed by atoms with Gasteiger partial charge in [0.15, 0.2) is 11.6 Å². The van der Waals surface area contributed by atoms with E-state index in [1.807, 2.05) is 6.92 Å². The number of thioether (sulfide) groups is 1. The Morgan fingerprint density at radius 2 is 2.07 bits per heavy atom. The minimum absolute atomic E-state index is 0.324. The highest BCUT2D eigenvalue weighted by Crippen LogP contribution is 2.19. The van der Waals surface area contributed by atoms with Gasteiger partial charge < -0.3 is 0 Å². The third-order valence-electron chi connectivity index (χ3n) is 1.74. The number of hydrogen-bond donors (Lipinski definition) is 0. The van der Waals surface area contributed by atoms with Crippen LogP contribution >= 0.6 is 23.4 Å². The lowest BCUT2D eigenvalue weighted by Gasteiger charge is -2.06. The summed E-state index contributed by atoms with van der Waals surface area (Å²) in [6, 6.07) is 3.96. The third kappa shape index (κ3) is 3.46. The fourth-order valence-electron chi connectivity index (χ4n) is 0.912. The van der Waals surface area contributed by atoms with E-state index in [0.717, 1.165) is 11.6 Å². The van der Waals surface area contributed by atoms with Crippen LogP contribution in [0.2, 0.25) is 0 Å². The molecule has 1 aromatic rings. The Balaban J connectivity index is 2.55. The summed E-state index contributed by atoms with van der Waals surface area (Å²) in [6.45, 7) is 2.00. The highest BCUT2D eigenvalue weighted by Gasteiger charge is 2.04. The van der Waals surface area contributed by atoms with Crippen molar-refractivity contribution in [2.24, 2.45) is 0 Å². The van der Waals surface area contributed by atoms with Crippen molar-refractivity contribution in [2.45, 2.75) is 17.9 Å². The van der Waals surface area contributed by atoms with E-state index in [1.54, 1.807) is 17.8 Å². The number of halogens is 3. The van der Waals surface area contributed by atoms with Crippen molar-refractivity contribution >= 4 is 23.4 Å². The average molecular weight is 237 g/mol. The van der Waals surface area contributed by atoms with Crippen LogP contribution in [0.4, 0.5) is 8.78 Å². The first-order valence-electron chi connectivity index (χ1n) is 4.25. The maximum absolute atomic E-state index is 12.8. The van der Waals surface area contributed by atoms with Crippen molar-refractivity contribution in [3.8, 4) is 0 Å². The molecule has 0 aliphatic carbocycles. The van der Waals surface area contributed by atoms with Gasteiger partial charge in [-0.15, -0.1) is 11.6 Å². The molecule has 0 heterocycles. The third-order valence-corrected chi connectivity index (χ3v) is 3.62. The SMILES string of the molecule is CC(CCl)SCc1ccc(F)c(F)c1. The molecule has 1 atom stereocenters. The van der Waals surface area contributed by atoms with Crippen LogP contribution in [0.25, 0.3) is 0 Å². The molecular weight excluding hydrogens is 226 g/mol. The van der Waals surface area contributed by atoms with E-state index < -0.39 is 11.6 Å². The number of alkyl halides is 1. The first-order chi connectivity index (χ1) is 6.63. The normalized spacial score (nSPS) is 12.9. The lowest BCUT2D eigenvalue weighted by molar-refractivity contribution is 0.507. The molecule has 0 aliphatic rings. The van der Waals surface area contributed by atoms with Crippen LogP contribution in [-0.4, -0.2) is 11.1 Å². The lowest BCUT2D eigenvalue weighted by Crippen LogP contribution is -1.98. The van der Waals surface area contributed by atoms with Gasteiger partial charge >= 0.3 is 0 Å².